The second-order valence-corrected chi connectivity index (χ2v) is 2.89. The van der Waals surface area contributed by atoms with E-state index < -0.39 is 4.92 Å². The maximum Gasteiger partial charge on any atom is 0.269 e. The molecule has 0 heterocycles. The van der Waals surface area contributed by atoms with Crippen LogP contribution in [0.15, 0.2) is 30.0 Å². The summed E-state index contributed by atoms with van der Waals surface area (Å²) in [6, 6.07) is 7.05. The lowest BCUT2D eigenvalue weighted by Crippen LogP contribution is -2.06. The van der Waals surface area contributed by atoms with Gasteiger partial charge < -0.3 is 10.4 Å². The number of hydrogen-bond donors (Lipinski definition) is 2. The molecule has 2 N–H and O–H groups in total. The number of aliphatic hydroxyl groups excluding tert-OH is 1. The van der Waals surface area contributed by atoms with E-state index in [2.05, 4.69) is 5.32 Å². The highest BCUT2D eigenvalue weighted by molar-refractivity contribution is 5.65. The van der Waals surface area contributed by atoms with Crippen LogP contribution in [0.1, 0.15) is 5.56 Å². The number of nitrogens with zero attached hydrogens (tertiary/aromatic N) is 2. The van der Waals surface area contributed by atoms with Crippen LogP contribution in [0.4, 0.5) is 5.69 Å². The summed E-state index contributed by atoms with van der Waals surface area (Å²) in [5, 5.41) is 31.2. The predicted molar refractivity (Wildman–Crippen MR) is 57.3 cm³/mol. The summed E-state index contributed by atoms with van der Waals surface area (Å²) in [6.07, 6.45) is 0. The molecule has 0 aromatic heterocycles. The van der Waals surface area contributed by atoms with Crippen molar-refractivity contribution < 1.29 is 10.0 Å². The van der Waals surface area contributed by atoms with Crippen LogP contribution in [-0.4, -0.2) is 17.1 Å². The highest BCUT2D eigenvalue weighted by Gasteiger charge is 2.09. The number of nitro benzene ring substituents is 1. The average Bonchev–Trinajstić information content (AvgIpc) is 2.30. The molecule has 6 nitrogen and oxygen atoms in total. The lowest BCUT2D eigenvalue weighted by atomic mass is 10.1. The lowest BCUT2D eigenvalue weighted by Gasteiger charge is -2.03. The van der Waals surface area contributed by atoms with E-state index in [4.69, 9.17) is 5.26 Å². The first-order valence-electron chi connectivity index (χ1n) is 4.36. The van der Waals surface area contributed by atoms with Crippen molar-refractivity contribution in [2.24, 2.45) is 0 Å². The van der Waals surface area contributed by atoms with Gasteiger partial charge in [0, 0.05) is 24.7 Å². The molecular weight excluding hydrogens is 210 g/mol. The van der Waals surface area contributed by atoms with E-state index in [9.17, 15) is 15.2 Å². The molecule has 16 heavy (non-hydrogen) atoms. The van der Waals surface area contributed by atoms with Crippen molar-refractivity contribution >= 4 is 11.4 Å². The predicted octanol–water partition coefficient (Wildman–Crippen LogP) is 1.56. The van der Waals surface area contributed by atoms with E-state index in [-0.39, 0.29) is 17.1 Å². The van der Waals surface area contributed by atoms with E-state index in [0.29, 0.717) is 5.56 Å². The van der Waals surface area contributed by atoms with Crippen LogP contribution in [0.5, 0.6) is 0 Å². The quantitative estimate of drug-likeness (QED) is 0.348. The van der Waals surface area contributed by atoms with Crippen molar-refractivity contribution in [3.63, 3.8) is 0 Å². The molecular formula is C10H9N3O3. The highest BCUT2D eigenvalue weighted by Crippen LogP contribution is 2.18. The lowest BCUT2D eigenvalue weighted by molar-refractivity contribution is -0.384. The van der Waals surface area contributed by atoms with Crippen LogP contribution < -0.4 is 5.32 Å². The summed E-state index contributed by atoms with van der Waals surface area (Å²) in [7, 11) is 1.50. The third-order valence-electron chi connectivity index (χ3n) is 1.95. The van der Waals surface area contributed by atoms with Crippen molar-refractivity contribution in [3.05, 3.63) is 45.6 Å². The van der Waals surface area contributed by atoms with Gasteiger partial charge in [-0.2, -0.15) is 5.26 Å². The number of hydrogen-bond acceptors (Lipinski definition) is 5. The molecule has 0 aliphatic heterocycles. The number of nitrogens with one attached hydrogen (secondary N) is 1. The molecule has 0 atom stereocenters. The van der Waals surface area contributed by atoms with E-state index in [1.165, 1.54) is 31.3 Å². The minimum atomic E-state index is -0.534. The third kappa shape index (κ3) is 2.27. The first-order valence-corrected chi connectivity index (χ1v) is 4.36. The Bertz CT molecular complexity index is 471. The molecule has 1 aromatic carbocycles. The SMILES string of the molecule is CN/C(C#N)=C(\O)c1ccc([N+](=O)[O-])cc1. The van der Waals surface area contributed by atoms with Gasteiger partial charge in [0.2, 0.25) is 0 Å². The van der Waals surface area contributed by atoms with E-state index >= 15 is 0 Å². The fourth-order valence-corrected chi connectivity index (χ4v) is 1.11. The molecule has 0 unspecified atom stereocenters. The second-order valence-electron chi connectivity index (χ2n) is 2.89. The first kappa shape index (κ1) is 11.5. The van der Waals surface area contributed by atoms with Crippen molar-refractivity contribution in [1.82, 2.24) is 5.32 Å². The van der Waals surface area contributed by atoms with Crippen molar-refractivity contribution in [2.75, 3.05) is 7.05 Å². The Balaban J connectivity index is 3.12. The fourth-order valence-electron chi connectivity index (χ4n) is 1.11. The Kier molecular flexibility index (Phi) is 3.45. The molecule has 1 aromatic rings. The van der Waals surface area contributed by atoms with Crippen molar-refractivity contribution in [1.29, 1.82) is 5.26 Å². The number of benzene rings is 1. The van der Waals surface area contributed by atoms with Gasteiger partial charge in [0.05, 0.1) is 4.92 Å². The maximum absolute atomic E-state index is 10.4. The smallest absolute Gasteiger partial charge is 0.269 e. The van der Waals surface area contributed by atoms with Crippen molar-refractivity contribution in [2.45, 2.75) is 0 Å². The summed E-state index contributed by atoms with van der Waals surface area (Å²) in [5.41, 5.74) is 0.282. The molecule has 0 saturated heterocycles. The van der Waals surface area contributed by atoms with Crippen LogP contribution in [0.3, 0.4) is 0 Å². The molecule has 0 fully saturated rings. The number of rotatable bonds is 3. The van der Waals surface area contributed by atoms with Gasteiger partial charge in [-0.1, -0.05) is 0 Å². The largest absolute Gasteiger partial charge is 0.504 e. The summed E-state index contributed by atoms with van der Waals surface area (Å²) in [5.74, 6) is -0.236. The molecule has 0 bridgehead atoms. The zero-order chi connectivity index (χ0) is 12.1. The van der Waals surface area contributed by atoms with E-state index in [1.807, 2.05) is 0 Å². The summed E-state index contributed by atoms with van der Waals surface area (Å²) in [4.78, 5) is 9.86. The monoisotopic (exact) mass is 219 g/mol. The zero-order valence-corrected chi connectivity index (χ0v) is 8.47. The van der Waals surface area contributed by atoms with Gasteiger partial charge in [-0.25, -0.2) is 0 Å². The molecule has 0 amide bonds. The van der Waals surface area contributed by atoms with Crippen molar-refractivity contribution in [3.8, 4) is 6.07 Å². The van der Waals surface area contributed by atoms with Crippen LogP contribution >= 0.6 is 0 Å². The number of allylic oxidation sites excluding steroid dienone is 1. The molecule has 1 rings (SSSR count). The molecule has 0 radical (unpaired) electrons. The van der Waals surface area contributed by atoms with E-state index in [0.717, 1.165) is 0 Å². The van der Waals surface area contributed by atoms with E-state index in [1.54, 1.807) is 6.07 Å². The van der Waals surface area contributed by atoms with Crippen LogP contribution in [-0.2, 0) is 0 Å². The zero-order valence-electron chi connectivity index (χ0n) is 8.47. The molecule has 6 heteroatoms. The van der Waals surface area contributed by atoms with Crippen LogP contribution in [0.25, 0.3) is 5.76 Å². The average molecular weight is 219 g/mol. The number of non-ortho nitro benzene ring substituents is 1. The molecule has 0 saturated carbocycles. The van der Waals surface area contributed by atoms with Gasteiger partial charge in [0.15, 0.2) is 11.5 Å². The Hall–Kier alpha value is -2.55. The number of nitriles is 1. The van der Waals surface area contributed by atoms with Crippen LogP contribution in [0.2, 0.25) is 0 Å². The topological polar surface area (TPSA) is 99.2 Å². The number of aliphatic hydroxyl groups is 1. The Morgan fingerprint density at radius 1 is 1.50 bits per heavy atom. The molecule has 0 aliphatic rings. The Morgan fingerprint density at radius 3 is 2.44 bits per heavy atom. The highest BCUT2D eigenvalue weighted by atomic mass is 16.6. The van der Waals surface area contributed by atoms with Gasteiger partial charge >= 0.3 is 0 Å². The van der Waals surface area contributed by atoms with Gasteiger partial charge in [-0.05, 0) is 12.1 Å². The molecule has 0 spiro atoms. The number of nitro groups is 1. The van der Waals surface area contributed by atoms with Crippen LogP contribution in [0, 0.1) is 21.4 Å². The Labute approximate surface area is 91.6 Å². The van der Waals surface area contributed by atoms with Gasteiger partial charge in [0.1, 0.15) is 6.07 Å². The van der Waals surface area contributed by atoms with Gasteiger partial charge in [-0.15, -0.1) is 0 Å². The first-order chi connectivity index (χ1) is 7.60. The minimum absolute atomic E-state index is 0.00820. The van der Waals surface area contributed by atoms with Gasteiger partial charge in [-0.3, -0.25) is 10.1 Å². The summed E-state index contributed by atoms with van der Waals surface area (Å²) >= 11 is 0. The minimum Gasteiger partial charge on any atom is -0.504 e. The summed E-state index contributed by atoms with van der Waals surface area (Å²) in [6.45, 7) is 0. The molecule has 0 aliphatic carbocycles. The standard InChI is InChI=1S/C10H9N3O3/c1-12-9(6-11)10(14)7-2-4-8(5-3-7)13(15)16/h2-5,12,14H,1H3/b10-9-. The summed E-state index contributed by atoms with van der Waals surface area (Å²) < 4.78 is 0. The Morgan fingerprint density at radius 2 is 2.06 bits per heavy atom. The maximum atomic E-state index is 10.4. The fraction of sp³-hybridized carbons (Fsp3) is 0.100. The third-order valence-corrected chi connectivity index (χ3v) is 1.95. The molecule has 82 valence electrons. The second kappa shape index (κ2) is 4.79. The normalized spacial score (nSPS) is 11.2. The van der Waals surface area contributed by atoms with Gasteiger partial charge in [0.25, 0.3) is 5.69 Å².